The van der Waals surface area contributed by atoms with E-state index in [9.17, 15) is 22.8 Å². The number of nitrogens with one attached hydrogen (secondary N) is 1. The number of nitrogens with zero attached hydrogens (tertiary/aromatic N) is 3. The topological polar surface area (TPSA) is 162 Å². The first-order chi connectivity index (χ1) is 17.0. The van der Waals surface area contributed by atoms with Crippen LogP contribution in [0.4, 0.5) is 4.79 Å². The Morgan fingerprint density at radius 1 is 1.27 bits per heavy atom. The summed E-state index contributed by atoms with van der Waals surface area (Å²) < 4.78 is 28.5. The van der Waals surface area contributed by atoms with Crippen molar-refractivity contribution < 1.29 is 31.8 Å². The van der Waals surface area contributed by atoms with Crippen LogP contribution in [0.1, 0.15) is 59.3 Å². The number of imide groups is 1. The van der Waals surface area contributed by atoms with Gasteiger partial charge in [0, 0.05) is 30.1 Å². The van der Waals surface area contributed by atoms with E-state index < -0.39 is 49.5 Å². The van der Waals surface area contributed by atoms with Gasteiger partial charge in [-0.15, -0.1) is 0 Å². The van der Waals surface area contributed by atoms with E-state index in [4.69, 9.17) is 21.9 Å². The summed E-state index contributed by atoms with van der Waals surface area (Å²) in [7, 11) is -3.47. The van der Waals surface area contributed by atoms with E-state index in [2.05, 4.69) is 15.5 Å². The van der Waals surface area contributed by atoms with Crippen molar-refractivity contribution in [3.63, 3.8) is 0 Å². The Bertz CT molecular complexity index is 1340. The van der Waals surface area contributed by atoms with Crippen molar-refractivity contribution in [2.24, 2.45) is 11.1 Å². The number of primary amides is 1. The average Bonchev–Trinajstić information content (AvgIpc) is 3.42. The van der Waals surface area contributed by atoms with E-state index in [1.54, 1.807) is 34.6 Å². The molecular formula is C24H33ClN5O6S+. The van der Waals surface area contributed by atoms with E-state index in [1.807, 2.05) is 0 Å². The number of halogens is 1. The fourth-order valence-electron chi connectivity index (χ4n) is 4.43. The number of quaternary nitrogens is 1. The van der Waals surface area contributed by atoms with E-state index in [0.29, 0.717) is 18.4 Å². The summed E-state index contributed by atoms with van der Waals surface area (Å²) in [5, 5.41) is 6.84. The lowest BCUT2D eigenvalue weighted by molar-refractivity contribution is -0.784. The van der Waals surface area contributed by atoms with Crippen LogP contribution in [0.15, 0.2) is 27.6 Å². The molecule has 1 aromatic carbocycles. The minimum atomic E-state index is -3.47. The molecule has 3 rings (SSSR count). The second-order valence-electron chi connectivity index (χ2n) is 10.6. The second-order valence-corrected chi connectivity index (χ2v) is 13.0. The lowest BCUT2D eigenvalue weighted by atomic mass is 9.92. The summed E-state index contributed by atoms with van der Waals surface area (Å²) in [6, 6.07) is 1.81. The number of nitrogens with two attached hydrogens (primary N) is 1. The molecule has 2 aromatic rings. The first-order valence-electron chi connectivity index (χ1n) is 11.9. The Morgan fingerprint density at radius 3 is 2.41 bits per heavy atom. The first-order valence-corrected chi connectivity index (χ1v) is 14.1. The molecule has 0 aliphatic carbocycles. The maximum absolute atomic E-state index is 13.9. The van der Waals surface area contributed by atoms with Gasteiger partial charge in [0.2, 0.25) is 17.6 Å². The molecule has 37 heavy (non-hydrogen) atoms. The number of likely N-dealkylation sites (tertiary alicyclic amines) is 1. The maximum Gasteiger partial charge on any atom is 0.421 e. The fourth-order valence-corrected chi connectivity index (χ4v) is 5.40. The molecule has 1 unspecified atom stereocenters. The average molecular weight is 555 g/mol. The lowest BCUT2D eigenvalue weighted by Crippen LogP contribution is -2.67. The van der Waals surface area contributed by atoms with Crippen LogP contribution in [-0.4, -0.2) is 65.8 Å². The maximum atomic E-state index is 13.9. The van der Waals surface area contributed by atoms with Crippen molar-refractivity contribution in [3.05, 3.63) is 29.1 Å². The van der Waals surface area contributed by atoms with Crippen molar-refractivity contribution in [3.8, 4) is 11.4 Å². The molecule has 1 aliphatic rings. The minimum Gasteiger partial charge on any atom is -0.340 e. The van der Waals surface area contributed by atoms with Crippen molar-refractivity contribution in [2.75, 3.05) is 12.8 Å². The summed E-state index contributed by atoms with van der Waals surface area (Å²) in [6.45, 7) is 8.78. The zero-order valence-electron chi connectivity index (χ0n) is 21.7. The van der Waals surface area contributed by atoms with Crippen LogP contribution < -0.4 is 11.1 Å². The molecule has 11 nitrogen and oxygen atoms in total. The molecule has 0 radical (unpaired) electrons. The molecule has 13 heteroatoms. The Balaban J connectivity index is 2.02. The van der Waals surface area contributed by atoms with Gasteiger partial charge >= 0.3 is 11.9 Å². The van der Waals surface area contributed by atoms with Crippen LogP contribution in [0.25, 0.3) is 11.4 Å². The van der Waals surface area contributed by atoms with E-state index in [-0.39, 0.29) is 34.2 Å². The number of amides is 4. The molecular weight excluding hydrogens is 522 g/mol. The largest absolute Gasteiger partial charge is 0.421 e. The minimum absolute atomic E-state index is 0.0280. The van der Waals surface area contributed by atoms with Crippen LogP contribution >= 0.6 is 11.6 Å². The van der Waals surface area contributed by atoms with Gasteiger partial charge in [-0.1, -0.05) is 44.5 Å². The molecule has 0 bridgehead atoms. The Kier molecular flexibility index (Phi) is 7.88. The van der Waals surface area contributed by atoms with Gasteiger partial charge in [-0.2, -0.15) is 9.47 Å². The molecule has 1 aliphatic heterocycles. The normalized spacial score (nSPS) is 21.9. The highest BCUT2D eigenvalue weighted by Crippen LogP contribution is 2.33. The Labute approximate surface area is 221 Å². The molecule has 0 spiro atoms. The van der Waals surface area contributed by atoms with Gasteiger partial charge in [0.05, 0.1) is 22.4 Å². The van der Waals surface area contributed by atoms with Gasteiger partial charge in [0.25, 0.3) is 0 Å². The highest BCUT2D eigenvalue weighted by Gasteiger charge is 2.55. The third-order valence-corrected chi connectivity index (χ3v) is 8.27. The molecule has 202 valence electrons. The number of hydrogen-bond donors (Lipinski definition) is 2. The van der Waals surface area contributed by atoms with Gasteiger partial charge < -0.3 is 15.6 Å². The van der Waals surface area contributed by atoms with Crippen LogP contribution in [0.2, 0.25) is 5.02 Å². The molecule has 2 heterocycles. The van der Waals surface area contributed by atoms with Crippen molar-refractivity contribution in [2.45, 2.75) is 70.4 Å². The Morgan fingerprint density at radius 2 is 1.92 bits per heavy atom. The quantitative estimate of drug-likeness (QED) is 0.515. The van der Waals surface area contributed by atoms with Crippen LogP contribution in [0, 0.1) is 5.41 Å². The van der Waals surface area contributed by atoms with Crippen LogP contribution in [-0.2, 0) is 19.4 Å². The summed E-state index contributed by atoms with van der Waals surface area (Å²) in [5.41, 5.74) is 5.26. The molecule has 1 fully saturated rings. The SMILES string of the molecule is C[C@H](c1nc(-c2ccc(S(C)(=O)=O)cc2Cl)no1)[C@H](NC(=O)C(C)(C)C)C(=O)[N+]1(C(N)=O)CCC[C@H]1C. The number of benzene rings is 1. The molecule has 1 saturated heterocycles. The lowest BCUT2D eigenvalue weighted by Gasteiger charge is -2.36. The van der Waals surface area contributed by atoms with Gasteiger partial charge in [0.1, 0.15) is 6.04 Å². The van der Waals surface area contributed by atoms with Gasteiger partial charge in [-0.05, 0) is 25.1 Å². The standard InChI is InChI=1S/C24H32ClN5O6S/c1-13-8-7-11-30(13,23(26)33)21(31)18(27-22(32)24(3,4)5)14(2)20-28-19(29-36-20)16-10-9-15(12-17(16)25)37(6,34)35/h9-10,12-14,18H,7-8,11H2,1-6H3,(H2-,26,27,32,33)/p+1/t13-,14+,18+,30?/m1/s1. The molecule has 3 N–H and O–H groups in total. The molecule has 4 amide bonds. The molecule has 4 atom stereocenters. The number of aromatic nitrogens is 2. The zero-order chi connectivity index (χ0) is 27.9. The highest BCUT2D eigenvalue weighted by molar-refractivity contribution is 7.90. The van der Waals surface area contributed by atoms with Crippen molar-refractivity contribution in [1.29, 1.82) is 0 Å². The first kappa shape index (κ1) is 28.7. The smallest absolute Gasteiger partial charge is 0.340 e. The third kappa shape index (κ3) is 5.55. The number of hydrogen-bond acceptors (Lipinski definition) is 8. The van der Waals surface area contributed by atoms with Gasteiger partial charge in [0.15, 0.2) is 15.9 Å². The van der Waals surface area contributed by atoms with Crippen LogP contribution in [0.3, 0.4) is 0 Å². The zero-order valence-corrected chi connectivity index (χ0v) is 23.3. The molecule has 0 saturated carbocycles. The number of rotatable bonds is 6. The number of urea groups is 1. The predicted octanol–water partition coefficient (Wildman–Crippen LogP) is 3.03. The van der Waals surface area contributed by atoms with E-state index >= 15 is 0 Å². The van der Waals surface area contributed by atoms with Crippen LogP contribution in [0.5, 0.6) is 0 Å². The van der Waals surface area contributed by atoms with Gasteiger partial charge in [-0.3, -0.25) is 4.79 Å². The summed E-state index contributed by atoms with van der Waals surface area (Å²) in [5.74, 6) is -1.66. The third-order valence-electron chi connectivity index (χ3n) is 6.85. The number of carbonyl (C=O) groups is 3. The van der Waals surface area contributed by atoms with Crippen molar-refractivity contribution in [1.82, 2.24) is 15.5 Å². The summed E-state index contributed by atoms with van der Waals surface area (Å²) in [4.78, 5) is 43.9. The summed E-state index contributed by atoms with van der Waals surface area (Å²) in [6.07, 6.45) is 2.34. The molecule has 1 aromatic heterocycles. The predicted molar refractivity (Wildman–Crippen MR) is 136 cm³/mol. The number of sulfone groups is 1. The van der Waals surface area contributed by atoms with Crippen molar-refractivity contribution >= 4 is 39.3 Å². The van der Waals surface area contributed by atoms with E-state index in [0.717, 1.165) is 6.26 Å². The van der Waals surface area contributed by atoms with E-state index in [1.165, 1.54) is 18.2 Å². The second kappa shape index (κ2) is 10.1. The highest BCUT2D eigenvalue weighted by atomic mass is 35.5. The Hall–Kier alpha value is -2.83. The van der Waals surface area contributed by atoms with Gasteiger partial charge in [-0.25, -0.2) is 18.0 Å². The summed E-state index contributed by atoms with van der Waals surface area (Å²) >= 11 is 6.29. The fraction of sp³-hybridized carbons (Fsp3) is 0.542. The number of carbonyl (C=O) groups excluding carboxylic acids is 3. The monoisotopic (exact) mass is 554 g/mol.